The fraction of sp³-hybridized carbons (Fsp3) is 0.333. The van der Waals surface area contributed by atoms with Gasteiger partial charge in [0.25, 0.3) is 5.56 Å². The van der Waals surface area contributed by atoms with E-state index in [0.717, 1.165) is 16.9 Å². The Morgan fingerprint density at radius 1 is 1.28 bits per heavy atom. The van der Waals surface area contributed by atoms with Crippen molar-refractivity contribution in [2.75, 3.05) is 6.54 Å². The van der Waals surface area contributed by atoms with Crippen molar-refractivity contribution in [3.05, 3.63) is 57.8 Å². The van der Waals surface area contributed by atoms with Crippen LogP contribution < -0.4 is 10.9 Å². The number of aromatic nitrogens is 4. The molecule has 0 atom stereocenters. The van der Waals surface area contributed by atoms with Crippen LogP contribution in [0, 0.1) is 13.8 Å². The average Bonchev–Trinajstić information content (AvgIpc) is 2.90. The molecule has 0 radical (unpaired) electrons. The molecule has 0 aliphatic carbocycles. The highest BCUT2D eigenvalue weighted by Crippen LogP contribution is 2.07. The smallest absolute Gasteiger partial charge is 0.270 e. The first kappa shape index (κ1) is 16.9. The zero-order valence-corrected chi connectivity index (χ0v) is 14.4. The number of nitrogens with one attached hydrogen (secondary N) is 2. The minimum absolute atomic E-state index is 0.101. The number of amides is 1. The number of hydrogen-bond donors (Lipinski definition) is 2. The Morgan fingerprint density at radius 3 is 2.84 bits per heavy atom. The Morgan fingerprint density at radius 2 is 2.08 bits per heavy atom. The van der Waals surface area contributed by atoms with Gasteiger partial charge in [-0.3, -0.25) is 14.3 Å². The lowest BCUT2D eigenvalue weighted by molar-refractivity contribution is -0.121. The van der Waals surface area contributed by atoms with Crippen molar-refractivity contribution in [2.24, 2.45) is 0 Å². The van der Waals surface area contributed by atoms with E-state index in [1.165, 1.54) is 0 Å². The largest absolute Gasteiger partial charge is 0.354 e. The second kappa shape index (κ2) is 7.29. The summed E-state index contributed by atoms with van der Waals surface area (Å²) in [5.74, 6) is -0.101. The Labute approximate surface area is 145 Å². The number of para-hydroxylation sites is 2. The quantitative estimate of drug-likeness (QED) is 0.711. The van der Waals surface area contributed by atoms with E-state index in [1.54, 1.807) is 6.07 Å². The minimum Gasteiger partial charge on any atom is -0.354 e. The SMILES string of the molecule is Cc1cc(C)n(CCNC(=O)CCc2nc3ccccc3[nH]c2=O)n1. The van der Waals surface area contributed by atoms with Gasteiger partial charge in [0.2, 0.25) is 5.91 Å². The topological polar surface area (TPSA) is 92.7 Å². The van der Waals surface area contributed by atoms with Crippen molar-refractivity contribution in [1.29, 1.82) is 0 Å². The molecular formula is C18H21N5O2. The molecule has 1 aromatic carbocycles. The van der Waals surface area contributed by atoms with Gasteiger partial charge in [0.1, 0.15) is 5.69 Å². The van der Waals surface area contributed by atoms with Gasteiger partial charge in [0.05, 0.1) is 23.3 Å². The number of aryl methyl sites for hydroxylation is 3. The van der Waals surface area contributed by atoms with E-state index < -0.39 is 0 Å². The molecule has 0 fully saturated rings. The third-order valence-corrected chi connectivity index (χ3v) is 4.01. The molecule has 2 aromatic heterocycles. The number of nitrogens with zero attached hydrogens (tertiary/aromatic N) is 3. The average molecular weight is 339 g/mol. The van der Waals surface area contributed by atoms with Crippen LogP contribution in [0.25, 0.3) is 11.0 Å². The molecule has 0 aliphatic rings. The fourth-order valence-electron chi connectivity index (χ4n) is 2.76. The number of rotatable bonds is 6. The Kier molecular flexibility index (Phi) is 4.92. The van der Waals surface area contributed by atoms with Crippen molar-refractivity contribution in [3.8, 4) is 0 Å². The van der Waals surface area contributed by atoms with E-state index in [1.807, 2.05) is 42.8 Å². The number of aromatic amines is 1. The van der Waals surface area contributed by atoms with Gasteiger partial charge in [-0.1, -0.05) is 12.1 Å². The number of carbonyl (C=O) groups excluding carboxylic acids is 1. The third-order valence-electron chi connectivity index (χ3n) is 4.01. The van der Waals surface area contributed by atoms with Crippen molar-refractivity contribution in [3.63, 3.8) is 0 Å². The molecular weight excluding hydrogens is 318 g/mol. The predicted molar refractivity (Wildman–Crippen MR) is 95.4 cm³/mol. The first-order chi connectivity index (χ1) is 12.0. The summed E-state index contributed by atoms with van der Waals surface area (Å²) in [6.07, 6.45) is 0.539. The monoisotopic (exact) mass is 339 g/mol. The standard InChI is InChI=1S/C18H21N5O2/c1-12-11-13(2)23(22-12)10-9-19-17(24)8-7-16-18(25)21-15-6-4-3-5-14(15)20-16/h3-6,11H,7-10H2,1-2H3,(H,19,24)(H,21,25). The molecule has 130 valence electrons. The van der Waals surface area contributed by atoms with Gasteiger partial charge < -0.3 is 10.3 Å². The van der Waals surface area contributed by atoms with E-state index in [4.69, 9.17) is 0 Å². The molecule has 3 aromatic rings. The Hall–Kier alpha value is -2.96. The summed E-state index contributed by atoms with van der Waals surface area (Å²) in [5.41, 5.74) is 3.60. The second-order valence-corrected chi connectivity index (χ2v) is 6.03. The second-order valence-electron chi connectivity index (χ2n) is 6.03. The number of fused-ring (bicyclic) bond motifs is 1. The van der Waals surface area contributed by atoms with Crippen molar-refractivity contribution < 1.29 is 4.79 Å². The summed E-state index contributed by atoms with van der Waals surface area (Å²) in [5, 5.41) is 7.21. The molecule has 0 saturated carbocycles. The zero-order chi connectivity index (χ0) is 17.8. The Bertz CT molecular complexity index is 957. The molecule has 3 rings (SSSR count). The molecule has 0 saturated heterocycles. The van der Waals surface area contributed by atoms with Gasteiger partial charge in [-0.15, -0.1) is 0 Å². The molecule has 2 heterocycles. The molecule has 7 heteroatoms. The van der Waals surface area contributed by atoms with Crippen LogP contribution >= 0.6 is 0 Å². The van der Waals surface area contributed by atoms with Crippen LogP contribution in [0.2, 0.25) is 0 Å². The lowest BCUT2D eigenvalue weighted by Gasteiger charge is -2.07. The highest BCUT2D eigenvalue weighted by atomic mass is 16.1. The number of carbonyl (C=O) groups is 1. The highest BCUT2D eigenvalue weighted by Gasteiger charge is 2.08. The lowest BCUT2D eigenvalue weighted by atomic mass is 10.2. The normalized spacial score (nSPS) is 11.0. The van der Waals surface area contributed by atoms with Crippen molar-refractivity contribution >= 4 is 16.9 Å². The van der Waals surface area contributed by atoms with Gasteiger partial charge in [0.15, 0.2) is 0 Å². The zero-order valence-electron chi connectivity index (χ0n) is 14.4. The molecule has 2 N–H and O–H groups in total. The molecule has 0 unspecified atom stereocenters. The molecule has 1 amide bonds. The van der Waals surface area contributed by atoms with Gasteiger partial charge in [0, 0.05) is 25.1 Å². The van der Waals surface area contributed by atoms with Gasteiger partial charge >= 0.3 is 0 Å². The summed E-state index contributed by atoms with van der Waals surface area (Å²) in [7, 11) is 0. The van der Waals surface area contributed by atoms with E-state index in [0.29, 0.717) is 30.7 Å². The number of H-pyrrole nitrogens is 1. The van der Waals surface area contributed by atoms with Crippen LogP contribution in [0.4, 0.5) is 0 Å². The maximum absolute atomic E-state index is 12.0. The molecule has 7 nitrogen and oxygen atoms in total. The van der Waals surface area contributed by atoms with Crippen molar-refractivity contribution in [2.45, 2.75) is 33.2 Å². The van der Waals surface area contributed by atoms with E-state index >= 15 is 0 Å². The van der Waals surface area contributed by atoms with Crippen molar-refractivity contribution in [1.82, 2.24) is 25.1 Å². The van der Waals surface area contributed by atoms with E-state index in [9.17, 15) is 9.59 Å². The van der Waals surface area contributed by atoms with Crippen LogP contribution in [0.15, 0.2) is 35.1 Å². The predicted octanol–water partition coefficient (Wildman–Crippen LogP) is 1.49. The molecule has 0 aliphatic heterocycles. The summed E-state index contributed by atoms with van der Waals surface area (Å²) < 4.78 is 1.87. The van der Waals surface area contributed by atoms with E-state index in [-0.39, 0.29) is 17.9 Å². The van der Waals surface area contributed by atoms with Crippen LogP contribution in [-0.4, -0.2) is 32.2 Å². The van der Waals surface area contributed by atoms with Crippen LogP contribution in [-0.2, 0) is 17.8 Å². The maximum Gasteiger partial charge on any atom is 0.270 e. The van der Waals surface area contributed by atoms with E-state index in [2.05, 4.69) is 20.4 Å². The first-order valence-corrected chi connectivity index (χ1v) is 8.28. The molecule has 0 bridgehead atoms. The summed E-state index contributed by atoms with van der Waals surface area (Å²) in [6.45, 7) is 5.05. The summed E-state index contributed by atoms with van der Waals surface area (Å²) >= 11 is 0. The summed E-state index contributed by atoms with van der Waals surface area (Å²) in [4.78, 5) is 31.2. The van der Waals surface area contributed by atoms with Gasteiger partial charge in [-0.25, -0.2) is 4.98 Å². The van der Waals surface area contributed by atoms with Gasteiger partial charge in [-0.05, 0) is 32.0 Å². The van der Waals surface area contributed by atoms with Gasteiger partial charge in [-0.2, -0.15) is 5.10 Å². The minimum atomic E-state index is -0.242. The summed E-state index contributed by atoms with van der Waals surface area (Å²) in [6, 6.07) is 9.35. The number of benzene rings is 1. The van der Waals surface area contributed by atoms with Crippen LogP contribution in [0.5, 0.6) is 0 Å². The Balaban J connectivity index is 1.53. The lowest BCUT2D eigenvalue weighted by Crippen LogP contribution is -2.28. The molecule has 25 heavy (non-hydrogen) atoms. The highest BCUT2D eigenvalue weighted by molar-refractivity contribution is 5.76. The number of hydrogen-bond acceptors (Lipinski definition) is 4. The third kappa shape index (κ3) is 4.12. The first-order valence-electron chi connectivity index (χ1n) is 8.28. The maximum atomic E-state index is 12.0. The fourth-order valence-corrected chi connectivity index (χ4v) is 2.76. The van der Waals surface area contributed by atoms with Crippen LogP contribution in [0.3, 0.4) is 0 Å². The molecule has 0 spiro atoms. The van der Waals surface area contributed by atoms with Crippen LogP contribution in [0.1, 0.15) is 23.5 Å².